The molecule has 0 bridgehead atoms. The number of aryl methyl sites for hydroxylation is 1. The van der Waals surface area contributed by atoms with Gasteiger partial charge in [0.1, 0.15) is 23.0 Å². The first-order valence-electron chi connectivity index (χ1n) is 16.9. The van der Waals surface area contributed by atoms with Crippen molar-refractivity contribution in [1.29, 1.82) is 0 Å². The summed E-state index contributed by atoms with van der Waals surface area (Å²) >= 11 is 0. The van der Waals surface area contributed by atoms with E-state index in [1.165, 1.54) is 7.05 Å². The molecule has 3 unspecified atom stereocenters. The molecule has 260 valence electrons. The van der Waals surface area contributed by atoms with E-state index in [0.29, 0.717) is 24.3 Å². The van der Waals surface area contributed by atoms with E-state index in [1.807, 2.05) is 73.7 Å². The number of ketones is 1. The molecule has 0 aromatic heterocycles. The summed E-state index contributed by atoms with van der Waals surface area (Å²) in [7, 11) is 1.33. The molecule has 0 saturated heterocycles. The third-order valence-electron chi connectivity index (χ3n) is 9.82. The zero-order valence-corrected chi connectivity index (χ0v) is 28.6. The Morgan fingerprint density at radius 3 is 2.06 bits per heavy atom. The zero-order chi connectivity index (χ0) is 36.3. The Hall–Kier alpha value is -5.96. The number of aromatic carboxylic acids is 2. The number of carbonyl (C=O) groups excluding carboxylic acids is 2. The number of amides is 1. The van der Waals surface area contributed by atoms with Gasteiger partial charge in [0.15, 0.2) is 5.78 Å². The number of nitrogens with one attached hydrogen (secondary N) is 1. The van der Waals surface area contributed by atoms with Crippen molar-refractivity contribution in [3.8, 4) is 17.2 Å². The van der Waals surface area contributed by atoms with Gasteiger partial charge in [-0.3, -0.25) is 9.59 Å². The van der Waals surface area contributed by atoms with Crippen molar-refractivity contribution in [3.05, 3.63) is 148 Å². The number of carbonyl (C=O) groups is 4. The number of carboxylic acids is 2. The third kappa shape index (κ3) is 7.62. The van der Waals surface area contributed by atoms with E-state index in [2.05, 4.69) is 36.5 Å². The van der Waals surface area contributed by atoms with E-state index in [-0.39, 0.29) is 22.5 Å². The fourth-order valence-corrected chi connectivity index (χ4v) is 6.74. The molecule has 0 spiro atoms. The number of hydrogen-bond donors (Lipinski definition) is 3. The highest BCUT2D eigenvalue weighted by Gasteiger charge is 2.39. The lowest BCUT2D eigenvalue weighted by atomic mass is 9.67. The fourth-order valence-electron chi connectivity index (χ4n) is 6.74. The van der Waals surface area contributed by atoms with Crippen LogP contribution in [0.2, 0.25) is 0 Å². The van der Waals surface area contributed by atoms with E-state index in [0.717, 1.165) is 53.2 Å². The average Bonchev–Trinajstić information content (AvgIpc) is 3.10. The molecule has 1 amide bonds. The molecule has 2 aliphatic carbocycles. The number of Topliss-reactive ketones (excluding diaryl/α,β-unsaturated/α-hetero) is 1. The smallest absolute Gasteiger partial charge is 0.336 e. The van der Waals surface area contributed by atoms with E-state index in [9.17, 15) is 29.4 Å². The van der Waals surface area contributed by atoms with Crippen LogP contribution in [-0.4, -0.2) is 40.9 Å². The van der Waals surface area contributed by atoms with Crippen molar-refractivity contribution in [2.75, 3.05) is 7.05 Å². The van der Waals surface area contributed by atoms with Crippen molar-refractivity contribution in [1.82, 2.24) is 5.32 Å². The second-order valence-electron chi connectivity index (χ2n) is 13.4. The molecule has 0 aliphatic heterocycles. The molecule has 1 fully saturated rings. The molecule has 0 radical (unpaired) electrons. The number of benzene rings is 4. The van der Waals surface area contributed by atoms with Crippen LogP contribution in [0.5, 0.6) is 17.2 Å². The van der Waals surface area contributed by atoms with Gasteiger partial charge < -0.3 is 25.0 Å². The van der Waals surface area contributed by atoms with Crippen LogP contribution in [0, 0.1) is 18.8 Å². The lowest BCUT2D eigenvalue weighted by molar-refractivity contribution is 0.0668. The highest BCUT2D eigenvalue weighted by molar-refractivity contribution is 6.13. The first-order valence-corrected chi connectivity index (χ1v) is 16.9. The summed E-state index contributed by atoms with van der Waals surface area (Å²) in [6, 6.07) is 25.7. The maximum absolute atomic E-state index is 13.7. The van der Waals surface area contributed by atoms with Gasteiger partial charge in [0.2, 0.25) is 0 Å². The van der Waals surface area contributed by atoms with Crippen molar-refractivity contribution < 1.29 is 38.9 Å². The molecular formula is C42H39NO8. The first kappa shape index (κ1) is 34.9. The Balaban J connectivity index is 1.10. The molecule has 3 N–H and O–H groups in total. The number of hydrogen-bond acceptors (Lipinski definition) is 6. The zero-order valence-electron chi connectivity index (χ0n) is 28.6. The largest absolute Gasteiger partial charge is 0.478 e. The summed E-state index contributed by atoms with van der Waals surface area (Å²) in [6.45, 7) is 4.23. The van der Waals surface area contributed by atoms with Crippen LogP contribution in [-0.2, 0) is 11.8 Å². The van der Waals surface area contributed by atoms with E-state index in [4.69, 9.17) is 9.47 Å². The summed E-state index contributed by atoms with van der Waals surface area (Å²) in [5.41, 5.74) is 1.74. The fraction of sp³-hybridized carbons (Fsp3) is 0.238. The van der Waals surface area contributed by atoms with Gasteiger partial charge >= 0.3 is 11.9 Å². The van der Waals surface area contributed by atoms with Gasteiger partial charge in [0.25, 0.3) is 5.91 Å². The van der Waals surface area contributed by atoms with Crippen LogP contribution in [0.3, 0.4) is 0 Å². The maximum atomic E-state index is 13.7. The van der Waals surface area contributed by atoms with Crippen LogP contribution in [0.4, 0.5) is 0 Å². The summed E-state index contributed by atoms with van der Waals surface area (Å²) in [5.74, 6) is -1.56. The van der Waals surface area contributed by atoms with Crippen LogP contribution >= 0.6 is 0 Å². The average molecular weight is 686 g/mol. The van der Waals surface area contributed by atoms with E-state index >= 15 is 0 Å². The molecule has 51 heavy (non-hydrogen) atoms. The number of allylic oxidation sites excluding steroid dienone is 3. The predicted octanol–water partition coefficient (Wildman–Crippen LogP) is 8.18. The Morgan fingerprint density at radius 2 is 1.45 bits per heavy atom. The summed E-state index contributed by atoms with van der Waals surface area (Å²) in [5, 5.41) is 21.8. The summed E-state index contributed by atoms with van der Waals surface area (Å²) < 4.78 is 12.3. The van der Waals surface area contributed by atoms with Gasteiger partial charge in [-0.25, -0.2) is 9.59 Å². The van der Waals surface area contributed by atoms with Gasteiger partial charge in [-0.15, -0.1) is 0 Å². The van der Waals surface area contributed by atoms with Gasteiger partial charge in [-0.05, 0) is 116 Å². The maximum Gasteiger partial charge on any atom is 0.336 e. The van der Waals surface area contributed by atoms with Gasteiger partial charge in [-0.1, -0.05) is 49.4 Å². The highest BCUT2D eigenvalue weighted by Crippen LogP contribution is 2.41. The molecule has 3 atom stereocenters. The molecule has 1 saturated carbocycles. The van der Waals surface area contributed by atoms with E-state index in [1.54, 1.807) is 0 Å². The van der Waals surface area contributed by atoms with E-state index < -0.39 is 40.7 Å². The van der Waals surface area contributed by atoms with Crippen molar-refractivity contribution in [3.63, 3.8) is 0 Å². The minimum absolute atomic E-state index is 0.0580. The Bertz CT molecular complexity index is 2080. The Labute approximate surface area is 296 Å². The van der Waals surface area contributed by atoms with Crippen LogP contribution < -0.4 is 14.8 Å². The van der Waals surface area contributed by atoms with Crippen LogP contribution in [0.15, 0.2) is 109 Å². The SMILES string of the molecule is CNC(=O)c1cc(C(=O)C2CCC2Cc2cccc(Oc3ccc(C4(C)C=CC(Oc5cccc(C)c5)=CC4)cc3)c2)c(C(=O)O)cc1C(=O)O. The van der Waals surface area contributed by atoms with Crippen molar-refractivity contribution in [2.45, 2.75) is 44.9 Å². The molecule has 9 nitrogen and oxygen atoms in total. The highest BCUT2D eigenvalue weighted by atomic mass is 16.5. The molecule has 2 aliphatic rings. The standard InChI is InChI=1S/C42H39NO8/c1-25-6-4-8-31(20-25)51-30-16-18-42(2,19-17-30)28-11-13-29(14-12-28)50-32-9-5-7-26(22-32)21-27-10-15-33(27)38(44)34-23-35(39(45)43-3)37(41(48)49)24-36(34)40(46)47/h4-9,11-14,16-18,20,22-24,27,33H,10,15,19,21H2,1-3H3,(H,43,45)(H,46,47)(H,48,49). The van der Waals surface area contributed by atoms with Gasteiger partial charge in [0.05, 0.1) is 16.7 Å². The molecule has 4 aromatic carbocycles. The van der Waals surface area contributed by atoms with Crippen molar-refractivity contribution >= 4 is 23.6 Å². The van der Waals surface area contributed by atoms with Gasteiger partial charge in [-0.2, -0.15) is 0 Å². The predicted molar refractivity (Wildman–Crippen MR) is 192 cm³/mol. The number of carboxylic acid groups (broad SMARTS) is 2. The second-order valence-corrected chi connectivity index (χ2v) is 13.4. The van der Waals surface area contributed by atoms with Crippen LogP contribution in [0.1, 0.15) is 84.3 Å². The first-order chi connectivity index (χ1) is 24.4. The Morgan fingerprint density at radius 1 is 0.784 bits per heavy atom. The minimum atomic E-state index is -1.46. The minimum Gasteiger partial charge on any atom is -0.478 e. The monoisotopic (exact) mass is 685 g/mol. The molecule has 4 aromatic rings. The molecule has 6 rings (SSSR count). The second kappa shape index (κ2) is 14.5. The third-order valence-corrected chi connectivity index (χ3v) is 9.82. The summed E-state index contributed by atoms with van der Waals surface area (Å²) in [6.07, 6.45) is 8.99. The van der Waals surface area contributed by atoms with Gasteiger partial charge in [0, 0.05) is 23.9 Å². The topological polar surface area (TPSA) is 139 Å². The summed E-state index contributed by atoms with van der Waals surface area (Å²) in [4.78, 5) is 50.0. The van der Waals surface area contributed by atoms with Crippen molar-refractivity contribution in [2.24, 2.45) is 11.8 Å². The van der Waals surface area contributed by atoms with Crippen LogP contribution in [0.25, 0.3) is 0 Å². The molecule has 0 heterocycles. The normalized spacial score (nSPS) is 19.3. The lowest BCUT2D eigenvalue weighted by Gasteiger charge is -2.36. The quantitative estimate of drug-likeness (QED) is 0.127. The Kier molecular flexibility index (Phi) is 9.91. The molecular weight excluding hydrogens is 646 g/mol. The lowest BCUT2D eigenvalue weighted by Crippen LogP contribution is -2.35. The molecule has 9 heteroatoms. The number of ether oxygens (including phenoxy) is 2. The number of rotatable bonds is 12.